The molecular weight excluding hydrogens is 300 g/mol. The van der Waals surface area contributed by atoms with E-state index in [1.54, 1.807) is 0 Å². The first-order valence-electron chi connectivity index (χ1n) is 9.44. The van der Waals surface area contributed by atoms with E-state index >= 15 is 0 Å². The van der Waals surface area contributed by atoms with E-state index in [2.05, 4.69) is 18.3 Å². The molecule has 1 aromatic carbocycles. The van der Waals surface area contributed by atoms with Crippen LogP contribution in [0.25, 0.3) is 0 Å². The minimum absolute atomic E-state index is 0.0883. The number of benzene rings is 1. The summed E-state index contributed by atoms with van der Waals surface area (Å²) in [4.78, 5) is 14.7. The van der Waals surface area contributed by atoms with E-state index < -0.39 is 0 Å². The quantitative estimate of drug-likeness (QED) is 0.868. The Morgan fingerprint density at radius 3 is 2.83 bits per heavy atom. The lowest BCUT2D eigenvalue weighted by Crippen LogP contribution is -2.40. The Hall–Kier alpha value is -1.55. The predicted octanol–water partition coefficient (Wildman–Crippen LogP) is 3.52. The summed E-state index contributed by atoms with van der Waals surface area (Å²) in [7, 11) is 0. The standard InChI is InChI=1S/C20H30N2O2/c1-15(17-7-2-3-8-17)21-19-10-4-9-18(12-19)20(24)22-11-5-6-16(13-22)14-23/h4,9-10,12,15-17,21,23H,2-3,5-8,11,13-14H2,1H3. The Bertz CT molecular complexity index is 554. The third kappa shape index (κ3) is 4.10. The number of hydrogen-bond donors (Lipinski definition) is 2. The number of piperidine rings is 1. The fraction of sp³-hybridized carbons (Fsp3) is 0.650. The monoisotopic (exact) mass is 330 g/mol. The van der Waals surface area contributed by atoms with Crippen molar-refractivity contribution in [2.75, 3.05) is 25.0 Å². The molecule has 1 saturated carbocycles. The third-order valence-corrected chi connectivity index (χ3v) is 5.68. The molecule has 1 aromatic rings. The van der Waals surface area contributed by atoms with Gasteiger partial charge in [-0.05, 0) is 62.6 Å². The number of amides is 1. The third-order valence-electron chi connectivity index (χ3n) is 5.68. The maximum absolute atomic E-state index is 12.8. The van der Waals surface area contributed by atoms with Crippen molar-refractivity contribution in [2.24, 2.45) is 11.8 Å². The fourth-order valence-corrected chi connectivity index (χ4v) is 4.16. The first kappa shape index (κ1) is 17.3. The maximum Gasteiger partial charge on any atom is 0.253 e. The number of likely N-dealkylation sites (tertiary alicyclic amines) is 1. The van der Waals surface area contributed by atoms with Crippen LogP contribution >= 0.6 is 0 Å². The van der Waals surface area contributed by atoms with Gasteiger partial charge in [-0.15, -0.1) is 0 Å². The molecule has 1 saturated heterocycles. The van der Waals surface area contributed by atoms with Gasteiger partial charge < -0.3 is 15.3 Å². The van der Waals surface area contributed by atoms with Crippen molar-refractivity contribution < 1.29 is 9.90 Å². The molecule has 2 atom stereocenters. The summed E-state index contributed by atoms with van der Waals surface area (Å²) in [6.45, 7) is 3.89. The topological polar surface area (TPSA) is 52.6 Å². The number of nitrogens with zero attached hydrogens (tertiary/aromatic N) is 1. The van der Waals surface area contributed by atoms with Gasteiger partial charge in [0.25, 0.3) is 5.91 Å². The van der Waals surface area contributed by atoms with Crippen LogP contribution in [-0.4, -0.2) is 41.7 Å². The molecule has 2 fully saturated rings. The van der Waals surface area contributed by atoms with E-state index in [1.165, 1.54) is 25.7 Å². The zero-order valence-corrected chi connectivity index (χ0v) is 14.7. The summed E-state index contributed by atoms with van der Waals surface area (Å²) in [5.41, 5.74) is 1.79. The summed E-state index contributed by atoms with van der Waals surface area (Å²) >= 11 is 0. The van der Waals surface area contributed by atoms with Crippen LogP contribution in [0, 0.1) is 11.8 Å². The van der Waals surface area contributed by atoms with Crippen LogP contribution in [0.2, 0.25) is 0 Å². The van der Waals surface area contributed by atoms with Crippen LogP contribution in [0.1, 0.15) is 55.8 Å². The van der Waals surface area contributed by atoms with E-state index in [1.807, 2.05) is 23.1 Å². The largest absolute Gasteiger partial charge is 0.396 e. The molecule has 24 heavy (non-hydrogen) atoms. The van der Waals surface area contributed by atoms with Crippen LogP contribution in [0.15, 0.2) is 24.3 Å². The summed E-state index contributed by atoms with van der Waals surface area (Å²) in [6.07, 6.45) is 7.30. The smallest absolute Gasteiger partial charge is 0.253 e. The number of anilines is 1. The van der Waals surface area contributed by atoms with E-state index in [4.69, 9.17) is 0 Å². The van der Waals surface area contributed by atoms with Crippen LogP contribution in [0.5, 0.6) is 0 Å². The molecule has 0 radical (unpaired) electrons. The minimum Gasteiger partial charge on any atom is -0.396 e. The number of carbonyl (C=O) groups excluding carboxylic acids is 1. The Morgan fingerprint density at radius 1 is 1.29 bits per heavy atom. The molecule has 0 aromatic heterocycles. The first-order chi connectivity index (χ1) is 11.7. The molecular formula is C20H30N2O2. The van der Waals surface area contributed by atoms with Crippen molar-refractivity contribution in [1.29, 1.82) is 0 Å². The van der Waals surface area contributed by atoms with Crippen molar-refractivity contribution in [1.82, 2.24) is 4.90 Å². The van der Waals surface area contributed by atoms with Gasteiger partial charge in [0.2, 0.25) is 0 Å². The normalized spacial score (nSPS) is 23.2. The predicted molar refractivity (Wildman–Crippen MR) is 97.2 cm³/mol. The number of hydrogen-bond acceptors (Lipinski definition) is 3. The van der Waals surface area contributed by atoms with Gasteiger partial charge in [-0.2, -0.15) is 0 Å². The van der Waals surface area contributed by atoms with Gasteiger partial charge >= 0.3 is 0 Å². The second-order valence-electron chi connectivity index (χ2n) is 7.50. The molecule has 1 aliphatic carbocycles. The van der Waals surface area contributed by atoms with Gasteiger partial charge in [-0.3, -0.25) is 4.79 Å². The van der Waals surface area contributed by atoms with Crippen LogP contribution in [0.3, 0.4) is 0 Å². The molecule has 2 unspecified atom stereocenters. The molecule has 1 aliphatic heterocycles. The van der Waals surface area contributed by atoms with Gasteiger partial charge in [-0.25, -0.2) is 0 Å². The highest BCUT2D eigenvalue weighted by Gasteiger charge is 2.25. The number of rotatable bonds is 5. The molecule has 1 amide bonds. The molecule has 3 rings (SSSR count). The molecule has 1 heterocycles. The van der Waals surface area contributed by atoms with Gasteiger partial charge in [0.15, 0.2) is 0 Å². The van der Waals surface area contributed by atoms with Crippen molar-refractivity contribution in [3.63, 3.8) is 0 Å². The lowest BCUT2D eigenvalue weighted by atomic mass is 9.98. The molecule has 4 heteroatoms. The van der Waals surface area contributed by atoms with Crippen molar-refractivity contribution in [3.8, 4) is 0 Å². The Labute approximate surface area is 145 Å². The lowest BCUT2D eigenvalue weighted by Gasteiger charge is -2.32. The summed E-state index contributed by atoms with van der Waals surface area (Å²) in [5, 5.41) is 13.0. The van der Waals surface area contributed by atoms with Gasteiger partial charge in [0, 0.05) is 37.0 Å². The highest BCUT2D eigenvalue weighted by Crippen LogP contribution is 2.29. The highest BCUT2D eigenvalue weighted by molar-refractivity contribution is 5.95. The van der Waals surface area contributed by atoms with Crippen LogP contribution in [0.4, 0.5) is 5.69 Å². The second-order valence-corrected chi connectivity index (χ2v) is 7.50. The zero-order chi connectivity index (χ0) is 16.9. The Morgan fingerprint density at radius 2 is 2.08 bits per heavy atom. The number of nitrogens with one attached hydrogen (secondary N) is 1. The summed E-state index contributed by atoms with van der Waals surface area (Å²) < 4.78 is 0. The zero-order valence-electron chi connectivity index (χ0n) is 14.7. The van der Waals surface area contributed by atoms with Gasteiger partial charge in [-0.1, -0.05) is 18.9 Å². The molecule has 0 bridgehead atoms. The molecule has 2 aliphatic rings. The average molecular weight is 330 g/mol. The highest BCUT2D eigenvalue weighted by atomic mass is 16.3. The first-order valence-corrected chi connectivity index (χ1v) is 9.44. The van der Waals surface area contributed by atoms with E-state index in [0.29, 0.717) is 12.6 Å². The SMILES string of the molecule is CC(Nc1cccc(C(=O)N2CCCC(CO)C2)c1)C1CCCC1. The minimum atomic E-state index is 0.0883. The Balaban J connectivity index is 1.64. The van der Waals surface area contributed by atoms with Crippen LogP contribution in [-0.2, 0) is 0 Å². The van der Waals surface area contributed by atoms with Crippen molar-refractivity contribution >= 4 is 11.6 Å². The van der Waals surface area contributed by atoms with Gasteiger partial charge in [0.05, 0.1) is 0 Å². The van der Waals surface area contributed by atoms with E-state index in [-0.39, 0.29) is 18.4 Å². The van der Waals surface area contributed by atoms with Crippen LogP contribution < -0.4 is 5.32 Å². The number of aliphatic hydroxyl groups excluding tert-OH is 1. The summed E-state index contributed by atoms with van der Waals surface area (Å²) in [6, 6.07) is 8.35. The van der Waals surface area contributed by atoms with E-state index in [9.17, 15) is 9.90 Å². The average Bonchev–Trinajstić information content (AvgIpc) is 3.16. The lowest BCUT2D eigenvalue weighted by molar-refractivity contribution is 0.0621. The summed E-state index contributed by atoms with van der Waals surface area (Å²) in [5.74, 6) is 1.06. The maximum atomic E-state index is 12.8. The van der Waals surface area contributed by atoms with E-state index in [0.717, 1.165) is 36.6 Å². The molecule has 132 valence electrons. The number of aliphatic hydroxyl groups is 1. The molecule has 0 spiro atoms. The van der Waals surface area contributed by atoms with Gasteiger partial charge in [0.1, 0.15) is 0 Å². The fourth-order valence-electron chi connectivity index (χ4n) is 4.16. The number of carbonyl (C=O) groups is 1. The molecule has 2 N–H and O–H groups in total. The Kier molecular flexibility index (Phi) is 5.77. The second kappa shape index (κ2) is 8.02. The van der Waals surface area contributed by atoms with Crippen molar-refractivity contribution in [2.45, 2.75) is 51.5 Å². The molecule has 4 nitrogen and oxygen atoms in total. The van der Waals surface area contributed by atoms with Crippen molar-refractivity contribution in [3.05, 3.63) is 29.8 Å².